The molecule has 4 bridgehead atoms. The molecule has 1 aliphatic heterocycles. The number of likely N-dealkylation sites (tertiary alicyclic amines) is 1. The highest BCUT2D eigenvalue weighted by Gasteiger charge is 2.63. The van der Waals surface area contributed by atoms with Crippen molar-refractivity contribution < 1.29 is 14.7 Å². The van der Waals surface area contributed by atoms with E-state index in [1.807, 2.05) is 0 Å². The first-order valence-corrected chi connectivity index (χ1v) is 9.40. The molecule has 8 atom stereocenters. The molecule has 5 saturated carbocycles. The van der Waals surface area contributed by atoms with Crippen LogP contribution < -0.4 is 11.5 Å². The zero-order chi connectivity index (χ0) is 16.9. The molecule has 0 aromatic carbocycles. The van der Waals surface area contributed by atoms with Crippen LogP contribution in [0.25, 0.3) is 0 Å². The van der Waals surface area contributed by atoms with Crippen molar-refractivity contribution in [3.05, 3.63) is 0 Å². The van der Waals surface area contributed by atoms with Crippen LogP contribution in [0.3, 0.4) is 0 Å². The van der Waals surface area contributed by atoms with Gasteiger partial charge in [0.1, 0.15) is 6.04 Å². The third-order valence-corrected chi connectivity index (χ3v) is 7.69. The summed E-state index contributed by atoms with van der Waals surface area (Å²) in [6, 6.07) is -0.932. The minimum absolute atomic E-state index is 0.102. The molecule has 6 nitrogen and oxygen atoms in total. The first-order chi connectivity index (χ1) is 11.3. The van der Waals surface area contributed by atoms with Crippen molar-refractivity contribution in [3.63, 3.8) is 0 Å². The summed E-state index contributed by atoms with van der Waals surface area (Å²) in [6.07, 6.45) is 7.11. The number of rotatable bonds is 3. The topological polar surface area (TPSA) is 110 Å². The van der Waals surface area contributed by atoms with E-state index in [9.17, 15) is 14.7 Å². The fraction of sp³-hybridized carbons (Fsp3) is 0.889. The number of amides is 2. The number of hydrogen-bond acceptors (Lipinski definition) is 4. The minimum Gasteiger partial charge on any atom is -0.390 e. The van der Waals surface area contributed by atoms with Crippen molar-refractivity contribution in [3.8, 4) is 0 Å². The third-order valence-electron chi connectivity index (χ3n) is 7.69. The van der Waals surface area contributed by atoms with Gasteiger partial charge in [0, 0.05) is 6.04 Å². The number of primary amides is 1. The molecule has 0 aromatic rings. The first-order valence-electron chi connectivity index (χ1n) is 9.40. The molecule has 0 aromatic heterocycles. The van der Waals surface area contributed by atoms with Crippen LogP contribution in [-0.2, 0) is 9.59 Å². The lowest BCUT2D eigenvalue weighted by Crippen LogP contribution is -2.65. The van der Waals surface area contributed by atoms with Crippen molar-refractivity contribution in [1.82, 2.24) is 4.90 Å². The number of fused-ring (bicyclic) bond motifs is 1. The van der Waals surface area contributed by atoms with Crippen molar-refractivity contribution in [2.75, 3.05) is 0 Å². The highest BCUT2D eigenvalue weighted by Crippen LogP contribution is 2.63. The zero-order valence-corrected chi connectivity index (χ0v) is 14.0. The maximum absolute atomic E-state index is 13.2. The second kappa shape index (κ2) is 4.52. The lowest BCUT2D eigenvalue weighted by atomic mass is 9.46. The largest absolute Gasteiger partial charge is 0.390 e. The van der Waals surface area contributed by atoms with E-state index in [0.29, 0.717) is 30.6 Å². The molecule has 6 rings (SSSR count). The molecule has 2 unspecified atom stereocenters. The molecule has 2 amide bonds. The van der Waals surface area contributed by atoms with Gasteiger partial charge in [0.25, 0.3) is 0 Å². The molecule has 6 fully saturated rings. The van der Waals surface area contributed by atoms with Gasteiger partial charge in [-0.2, -0.15) is 0 Å². The van der Waals surface area contributed by atoms with E-state index in [0.717, 1.165) is 32.1 Å². The summed E-state index contributed by atoms with van der Waals surface area (Å²) >= 11 is 0. The maximum atomic E-state index is 13.2. The Morgan fingerprint density at radius 2 is 1.75 bits per heavy atom. The summed E-state index contributed by atoms with van der Waals surface area (Å²) in [6.45, 7) is 0. The first kappa shape index (κ1) is 15.1. The van der Waals surface area contributed by atoms with Gasteiger partial charge in [-0.15, -0.1) is 0 Å². The Kier molecular flexibility index (Phi) is 2.85. The SMILES string of the molecule is NC(=O)[C@@H]1C[C@@H]2C[C@@H]2N1C(=O)[C@@H](N)C12C[C@@H]3C[C@@H](CC(O)(C3)C1)C2. The van der Waals surface area contributed by atoms with Crippen LogP contribution >= 0.6 is 0 Å². The van der Waals surface area contributed by atoms with Gasteiger partial charge in [0.2, 0.25) is 11.8 Å². The normalized spacial score (nSPS) is 52.2. The molecule has 0 spiro atoms. The third kappa shape index (κ3) is 1.96. The van der Waals surface area contributed by atoms with Gasteiger partial charge in [-0.1, -0.05) is 0 Å². The lowest BCUT2D eigenvalue weighted by Gasteiger charge is -2.61. The zero-order valence-electron chi connectivity index (χ0n) is 14.0. The summed E-state index contributed by atoms with van der Waals surface area (Å²) in [4.78, 5) is 26.7. The van der Waals surface area contributed by atoms with Crippen molar-refractivity contribution >= 4 is 11.8 Å². The van der Waals surface area contributed by atoms with Gasteiger partial charge in [-0.05, 0) is 74.5 Å². The van der Waals surface area contributed by atoms with Gasteiger partial charge in [0.15, 0.2) is 0 Å². The molecule has 1 saturated heterocycles. The Morgan fingerprint density at radius 3 is 2.33 bits per heavy atom. The Balaban J connectivity index is 1.43. The fourth-order valence-electron chi connectivity index (χ4n) is 7.10. The van der Waals surface area contributed by atoms with E-state index in [2.05, 4.69) is 0 Å². The van der Waals surface area contributed by atoms with Gasteiger partial charge >= 0.3 is 0 Å². The molecule has 6 heteroatoms. The summed E-state index contributed by atoms with van der Waals surface area (Å²) in [7, 11) is 0. The summed E-state index contributed by atoms with van der Waals surface area (Å²) in [5.74, 6) is 0.906. The predicted octanol–water partition coefficient (Wildman–Crippen LogP) is 0.120. The van der Waals surface area contributed by atoms with E-state index in [1.165, 1.54) is 6.42 Å². The average Bonchev–Trinajstić information content (AvgIpc) is 3.13. The number of aliphatic hydroxyl groups is 1. The summed E-state index contributed by atoms with van der Waals surface area (Å²) in [5, 5.41) is 10.9. The van der Waals surface area contributed by atoms with E-state index >= 15 is 0 Å². The highest BCUT2D eigenvalue weighted by molar-refractivity contribution is 5.91. The number of hydrogen-bond donors (Lipinski definition) is 3. The van der Waals surface area contributed by atoms with E-state index < -0.39 is 23.6 Å². The van der Waals surface area contributed by atoms with Crippen LogP contribution in [0, 0.1) is 23.2 Å². The minimum atomic E-state index is -0.627. The standard InChI is InChI=1S/C18H27N3O3/c19-14(16(23)21-12-2-11(12)3-13(21)15(20)22)17-4-9-1-10(5-17)7-18(24,6-9)8-17/h9-14,24H,1-8,19H2,(H2,20,22)/t9-,10+,11-,12-,13-,14+,17?,18?/m0/s1. The van der Waals surface area contributed by atoms with Crippen LogP contribution in [0.5, 0.6) is 0 Å². The predicted molar refractivity (Wildman–Crippen MR) is 86.4 cm³/mol. The van der Waals surface area contributed by atoms with Crippen LogP contribution in [0.2, 0.25) is 0 Å². The molecule has 24 heavy (non-hydrogen) atoms. The van der Waals surface area contributed by atoms with Crippen molar-refractivity contribution in [1.29, 1.82) is 0 Å². The Bertz CT molecular complexity index is 607. The van der Waals surface area contributed by atoms with Gasteiger partial charge in [-0.3, -0.25) is 9.59 Å². The number of nitrogens with zero attached hydrogens (tertiary/aromatic N) is 1. The van der Waals surface area contributed by atoms with Crippen LogP contribution in [-0.4, -0.2) is 45.5 Å². The Morgan fingerprint density at radius 1 is 1.08 bits per heavy atom. The molecule has 1 heterocycles. The molecule has 5 N–H and O–H groups in total. The summed E-state index contributed by atoms with van der Waals surface area (Å²) in [5.41, 5.74) is 11.2. The Hall–Kier alpha value is -1.14. The number of carbonyl (C=O) groups excluding carboxylic acids is 2. The Labute approximate surface area is 141 Å². The number of piperidine rings is 1. The fourth-order valence-corrected chi connectivity index (χ4v) is 7.10. The van der Waals surface area contributed by atoms with E-state index in [1.54, 1.807) is 4.90 Å². The van der Waals surface area contributed by atoms with Crippen molar-refractivity contribution in [2.24, 2.45) is 34.6 Å². The van der Waals surface area contributed by atoms with Crippen LogP contribution in [0.1, 0.15) is 51.4 Å². The van der Waals surface area contributed by atoms with E-state index in [-0.39, 0.29) is 17.4 Å². The summed E-state index contributed by atoms with van der Waals surface area (Å²) < 4.78 is 0. The molecular formula is C18H27N3O3. The maximum Gasteiger partial charge on any atom is 0.241 e. The van der Waals surface area contributed by atoms with Crippen molar-refractivity contribution in [2.45, 2.75) is 75.1 Å². The van der Waals surface area contributed by atoms with E-state index in [4.69, 9.17) is 11.5 Å². The molecule has 132 valence electrons. The molecule has 0 radical (unpaired) electrons. The molecular weight excluding hydrogens is 306 g/mol. The quantitative estimate of drug-likeness (QED) is 0.681. The second-order valence-corrected chi connectivity index (χ2v) is 9.49. The smallest absolute Gasteiger partial charge is 0.241 e. The number of carbonyl (C=O) groups is 2. The highest BCUT2D eigenvalue weighted by atomic mass is 16.3. The molecule has 5 aliphatic carbocycles. The van der Waals surface area contributed by atoms with Gasteiger partial charge in [0.05, 0.1) is 11.6 Å². The monoisotopic (exact) mass is 333 g/mol. The second-order valence-electron chi connectivity index (χ2n) is 9.49. The van der Waals surface area contributed by atoms with Gasteiger partial charge in [-0.25, -0.2) is 0 Å². The van der Waals surface area contributed by atoms with Gasteiger partial charge < -0.3 is 21.5 Å². The molecule has 6 aliphatic rings. The lowest BCUT2D eigenvalue weighted by molar-refractivity contribution is -0.178. The van der Waals surface area contributed by atoms with Crippen LogP contribution in [0.4, 0.5) is 0 Å². The number of nitrogens with two attached hydrogens (primary N) is 2. The average molecular weight is 333 g/mol. The van der Waals surface area contributed by atoms with Crippen LogP contribution in [0.15, 0.2) is 0 Å².